The van der Waals surface area contributed by atoms with Gasteiger partial charge in [-0.15, -0.1) is 0 Å². The van der Waals surface area contributed by atoms with Crippen LogP contribution in [0, 0.1) is 6.92 Å². The SMILES string of the molecule is Cc1ccc(N)cc1C(=O)NCCCN1CCc2ccccc2C1. The molecular formula is C20H25N3O. The van der Waals surface area contributed by atoms with Crippen molar-refractivity contribution >= 4 is 11.6 Å². The van der Waals surface area contributed by atoms with Crippen LogP contribution in [0.25, 0.3) is 0 Å². The zero-order chi connectivity index (χ0) is 16.9. The number of carbonyl (C=O) groups excluding carboxylic acids is 1. The van der Waals surface area contributed by atoms with Crippen LogP contribution < -0.4 is 11.1 Å². The van der Waals surface area contributed by atoms with E-state index in [9.17, 15) is 4.79 Å². The zero-order valence-electron chi connectivity index (χ0n) is 14.2. The van der Waals surface area contributed by atoms with Gasteiger partial charge in [0.25, 0.3) is 5.91 Å². The molecule has 3 N–H and O–H groups in total. The third-order valence-corrected chi connectivity index (χ3v) is 4.65. The second-order valence-electron chi connectivity index (χ2n) is 6.48. The predicted octanol–water partition coefficient (Wildman–Crippen LogP) is 2.76. The molecule has 1 aliphatic rings. The largest absolute Gasteiger partial charge is 0.399 e. The minimum atomic E-state index is -0.0382. The summed E-state index contributed by atoms with van der Waals surface area (Å²) in [7, 11) is 0. The Bertz CT molecular complexity index is 727. The molecule has 4 nitrogen and oxygen atoms in total. The molecule has 0 aromatic heterocycles. The van der Waals surface area contributed by atoms with Crippen LogP contribution in [0.15, 0.2) is 42.5 Å². The fourth-order valence-corrected chi connectivity index (χ4v) is 3.23. The van der Waals surface area contributed by atoms with Crippen LogP contribution in [0.2, 0.25) is 0 Å². The molecule has 4 heteroatoms. The lowest BCUT2D eigenvalue weighted by Gasteiger charge is -2.28. The maximum atomic E-state index is 12.3. The Hall–Kier alpha value is -2.33. The van der Waals surface area contributed by atoms with Crippen molar-refractivity contribution in [3.05, 3.63) is 64.7 Å². The van der Waals surface area contributed by atoms with Crippen molar-refractivity contribution in [1.82, 2.24) is 10.2 Å². The van der Waals surface area contributed by atoms with Gasteiger partial charge in [-0.25, -0.2) is 0 Å². The van der Waals surface area contributed by atoms with E-state index in [1.165, 1.54) is 11.1 Å². The number of nitrogens with two attached hydrogens (primary N) is 1. The van der Waals surface area contributed by atoms with Crippen molar-refractivity contribution in [1.29, 1.82) is 0 Å². The second kappa shape index (κ2) is 7.49. The Kier molecular flexibility index (Phi) is 5.16. The number of anilines is 1. The Morgan fingerprint density at radius 3 is 2.83 bits per heavy atom. The number of fused-ring (bicyclic) bond motifs is 1. The van der Waals surface area contributed by atoms with Gasteiger partial charge < -0.3 is 11.1 Å². The van der Waals surface area contributed by atoms with Crippen LogP contribution in [0.3, 0.4) is 0 Å². The molecule has 2 aromatic carbocycles. The summed E-state index contributed by atoms with van der Waals surface area (Å²) >= 11 is 0. The molecule has 1 amide bonds. The molecule has 0 saturated heterocycles. The van der Waals surface area contributed by atoms with Gasteiger partial charge in [0, 0.05) is 37.4 Å². The normalized spacial score (nSPS) is 14.2. The van der Waals surface area contributed by atoms with E-state index in [2.05, 4.69) is 34.5 Å². The number of nitrogen functional groups attached to an aromatic ring is 1. The van der Waals surface area contributed by atoms with Gasteiger partial charge in [0.05, 0.1) is 0 Å². The van der Waals surface area contributed by atoms with Gasteiger partial charge in [-0.05, 0) is 48.6 Å². The number of nitrogens with zero attached hydrogens (tertiary/aromatic N) is 1. The number of rotatable bonds is 5. The quantitative estimate of drug-likeness (QED) is 0.657. The minimum Gasteiger partial charge on any atom is -0.399 e. The van der Waals surface area contributed by atoms with Gasteiger partial charge in [-0.3, -0.25) is 9.69 Å². The molecule has 126 valence electrons. The average Bonchev–Trinajstić information content (AvgIpc) is 2.60. The highest BCUT2D eigenvalue weighted by atomic mass is 16.1. The van der Waals surface area contributed by atoms with Crippen molar-refractivity contribution in [2.75, 3.05) is 25.4 Å². The van der Waals surface area contributed by atoms with Crippen LogP contribution in [0.1, 0.15) is 33.5 Å². The maximum Gasteiger partial charge on any atom is 0.251 e. The highest BCUT2D eigenvalue weighted by Gasteiger charge is 2.15. The molecule has 1 heterocycles. The van der Waals surface area contributed by atoms with Crippen molar-refractivity contribution in [3.8, 4) is 0 Å². The first-order valence-corrected chi connectivity index (χ1v) is 8.57. The molecule has 3 rings (SSSR count). The summed E-state index contributed by atoms with van der Waals surface area (Å²) in [5, 5.41) is 3.00. The van der Waals surface area contributed by atoms with Gasteiger partial charge in [0.1, 0.15) is 0 Å². The molecule has 1 aliphatic heterocycles. The summed E-state index contributed by atoms with van der Waals surface area (Å²) in [6.45, 7) is 5.73. The van der Waals surface area contributed by atoms with Gasteiger partial charge in [0.2, 0.25) is 0 Å². The van der Waals surface area contributed by atoms with Crippen molar-refractivity contribution in [2.24, 2.45) is 0 Å². The maximum absolute atomic E-state index is 12.3. The summed E-state index contributed by atoms with van der Waals surface area (Å²) in [6, 6.07) is 14.1. The molecule has 0 aliphatic carbocycles. The number of hydrogen-bond acceptors (Lipinski definition) is 3. The van der Waals surface area contributed by atoms with E-state index in [4.69, 9.17) is 5.73 Å². The topological polar surface area (TPSA) is 58.4 Å². The molecule has 0 unspecified atom stereocenters. The smallest absolute Gasteiger partial charge is 0.251 e. The minimum absolute atomic E-state index is 0.0382. The lowest BCUT2D eigenvalue weighted by Crippen LogP contribution is -2.33. The monoisotopic (exact) mass is 323 g/mol. The van der Waals surface area contributed by atoms with Gasteiger partial charge in [-0.1, -0.05) is 30.3 Å². The summed E-state index contributed by atoms with van der Waals surface area (Å²) in [6.07, 6.45) is 2.07. The number of aryl methyl sites for hydroxylation is 1. The summed E-state index contributed by atoms with van der Waals surface area (Å²) < 4.78 is 0. The fourth-order valence-electron chi connectivity index (χ4n) is 3.23. The van der Waals surface area contributed by atoms with Crippen LogP contribution in [-0.4, -0.2) is 30.4 Å². The van der Waals surface area contributed by atoms with Crippen molar-refractivity contribution in [2.45, 2.75) is 26.3 Å². The van der Waals surface area contributed by atoms with E-state index in [0.717, 1.165) is 38.0 Å². The van der Waals surface area contributed by atoms with Crippen molar-refractivity contribution in [3.63, 3.8) is 0 Å². The van der Waals surface area contributed by atoms with Gasteiger partial charge >= 0.3 is 0 Å². The third-order valence-electron chi connectivity index (χ3n) is 4.65. The third kappa shape index (κ3) is 3.95. The predicted molar refractivity (Wildman–Crippen MR) is 98.0 cm³/mol. The molecule has 24 heavy (non-hydrogen) atoms. The highest BCUT2D eigenvalue weighted by Crippen LogP contribution is 2.18. The van der Waals surface area contributed by atoms with E-state index < -0.39 is 0 Å². The Balaban J connectivity index is 1.44. The first-order chi connectivity index (χ1) is 11.6. The lowest BCUT2D eigenvalue weighted by atomic mass is 10.00. The van der Waals surface area contributed by atoms with E-state index in [0.29, 0.717) is 17.8 Å². The summed E-state index contributed by atoms with van der Waals surface area (Å²) in [5.41, 5.74) is 10.9. The van der Waals surface area contributed by atoms with Gasteiger partial charge in [0.15, 0.2) is 0 Å². The molecule has 0 radical (unpaired) electrons. The fraction of sp³-hybridized carbons (Fsp3) is 0.350. The molecule has 0 spiro atoms. The number of nitrogens with one attached hydrogen (secondary N) is 1. The van der Waals surface area contributed by atoms with Crippen LogP contribution >= 0.6 is 0 Å². The van der Waals surface area contributed by atoms with E-state index in [1.54, 1.807) is 6.07 Å². The molecule has 2 aromatic rings. The highest BCUT2D eigenvalue weighted by molar-refractivity contribution is 5.96. The molecular weight excluding hydrogens is 298 g/mol. The second-order valence-corrected chi connectivity index (χ2v) is 6.48. The van der Waals surface area contributed by atoms with Crippen molar-refractivity contribution < 1.29 is 4.79 Å². The first kappa shape index (κ1) is 16.5. The Morgan fingerprint density at radius 2 is 2.00 bits per heavy atom. The molecule has 0 atom stereocenters. The summed E-state index contributed by atoms with van der Waals surface area (Å²) in [5.74, 6) is -0.0382. The molecule has 0 fully saturated rings. The van der Waals surface area contributed by atoms with E-state index in [1.807, 2.05) is 19.1 Å². The average molecular weight is 323 g/mol. The number of benzene rings is 2. The van der Waals surface area contributed by atoms with Crippen LogP contribution in [-0.2, 0) is 13.0 Å². The molecule has 0 bridgehead atoms. The summed E-state index contributed by atoms with van der Waals surface area (Å²) in [4.78, 5) is 14.7. The number of hydrogen-bond donors (Lipinski definition) is 2. The number of carbonyl (C=O) groups is 1. The number of amides is 1. The van der Waals surface area contributed by atoms with E-state index in [-0.39, 0.29) is 5.91 Å². The lowest BCUT2D eigenvalue weighted by molar-refractivity contribution is 0.0950. The first-order valence-electron chi connectivity index (χ1n) is 8.57. The standard InChI is InChI=1S/C20H25N3O/c1-15-7-8-18(21)13-19(15)20(24)22-10-4-11-23-12-9-16-5-2-3-6-17(16)14-23/h2-3,5-8,13H,4,9-12,14,21H2,1H3,(H,22,24). The molecule has 0 saturated carbocycles. The van der Waals surface area contributed by atoms with E-state index >= 15 is 0 Å². The van der Waals surface area contributed by atoms with Crippen LogP contribution in [0.4, 0.5) is 5.69 Å². The Morgan fingerprint density at radius 1 is 1.21 bits per heavy atom. The zero-order valence-corrected chi connectivity index (χ0v) is 14.2. The van der Waals surface area contributed by atoms with Gasteiger partial charge in [-0.2, -0.15) is 0 Å². The van der Waals surface area contributed by atoms with Crippen LogP contribution in [0.5, 0.6) is 0 Å². The Labute approximate surface area is 143 Å².